The molecule has 0 bridgehead atoms. The molecule has 0 saturated carbocycles. The van der Waals surface area contributed by atoms with E-state index >= 15 is 0 Å². The predicted octanol–water partition coefficient (Wildman–Crippen LogP) is 5.06. The second kappa shape index (κ2) is 11.8. The van der Waals surface area contributed by atoms with Gasteiger partial charge in [-0.1, -0.05) is 48.8 Å². The highest BCUT2D eigenvalue weighted by atomic mass is 33.1. The van der Waals surface area contributed by atoms with Crippen molar-refractivity contribution >= 4 is 27.7 Å². The Kier molecular flexibility index (Phi) is 13.2. The van der Waals surface area contributed by atoms with Crippen LogP contribution in [-0.4, -0.2) is 41.7 Å². The minimum absolute atomic E-state index is 0.00580. The van der Waals surface area contributed by atoms with Gasteiger partial charge in [0, 0.05) is 18.3 Å². The van der Waals surface area contributed by atoms with Crippen LogP contribution >= 0.6 is 21.6 Å². The first-order valence-corrected chi connectivity index (χ1v) is 9.51. The van der Waals surface area contributed by atoms with Crippen LogP contribution in [0.5, 0.6) is 0 Å². The first-order valence-electron chi connectivity index (χ1n) is 6.96. The fourth-order valence-corrected chi connectivity index (χ4v) is 3.82. The van der Waals surface area contributed by atoms with E-state index in [1.54, 1.807) is 33.5 Å². The van der Waals surface area contributed by atoms with Gasteiger partial charge in [0.25, 0.3) is 0 Å². The molecule has 0 aromatic rings. The lowest BCUT2D eigenvalue weighted by Gasteiger charge is -2.29. The van der Waals surface area contributed by atoms with E-state index in [1.807, 2.05) is 27.0 Å². The molecule has 0 rings (SSSR count). The second-order valence-corrected chi connectivity index (χ2v) is 7.95. The normalized spacial score (nSPS) is 12.2. The predicted molar refractivity (Wildman–Crippen MR) is 90.0 cm³/mol. The number of hydrogen-bond donors (Lipinski definition) is 0. The number of hydrogen-bond acceptors (Lipinski definition) is 4. The fourth-order valence-electron chi connectivity index (χ4n) is 1.62. The Balaban J connectivity index is 0. The second-order valence-electron chi connectivity index (χ2n) is 4.85. The van der Waals surface area contributed by atoms with Gasteiger partial charge >= 0.3 is 6.09 Å². The van der Waals surface area contributed by atoms with Crippen LogP contribution < -0.4 is 0 Å². The highest BCUT2D eigenvalue weighted by Gasteiger charge is 2.24. The van der Waals surface area contributed by atoms with Crippen LogP contribution in [0.1, 0.15) is 54.4 Å². The van der Waals surface area contributed by atoms with E-state index in [0.29, 0.717) is 6.54 Å². The van der Waals surface area contributed by atoms with Crippen LogP contribution in [-0.2, 0) is 4.74 Å². The summed E-state index contributed by atoms with van der Waals surface area (Å²) >= 11 is 0. The zero-order chi connectivity index (χ0) is 15.5. The van der Waals surface area contributed by atoms with Crippen molar-refractivity contribution in [2.75, 3.05) is 19.8 Å². The van der Waals surface area contributed by atoms with Crippen molar-refractivity contribution in [3.8, 4) is 0 Å². The highest BCUT2D eigenvalue weighted by Crippen LogP contribution is 2.34. The van der Waals surface area contributed by atoms with E-state index in [9.17, 15) is 4.79 Å². The Morgan fingerprint density at radius 3 is 2.32 bits per heavy atom. The first-order chi connectivity index (χ1) is 8.82. The van der Waals surface area contributed by atoms with E-state index in [4.69, 9.17) is 4.74 Å². The fraction of sp³-hybridized carbons (Fsp3) is 0.929. The molecule has 0 aliphatic rings. The van der Waals surface area contributed by atoms with Crippen LogP contribution in [0.15, 0.2) is 0 Å². The number of rotatable bonds is 7. The SMILES string of the molecule is CC.CCCC(C)OC(=O)N(C)CC(C)(C)SSC. The van der Waals surface area contributed by atoms with E-state index < -0.39 is 0 Å². The Bertz CT molecular complexity index is 235. The maximum atomic E-state index is 11.8. The molecule has 19 heavy (non-hydrogen) atoms. The lowest BCUT2D eigenvalue weighted by atomic mass is 10.2. The lowest BCUT2D eigenvalue weighted by molar-refractivity contribution is 0.0713. The minimum atomic E-state index is -0.222. The van der Waals surface area contributed by atoms with Crippen LogP contribution in [0.25, 0.3) is 0 Å². The van der Waals surface area contributed by atoms with Gasteiger partial charge in [0.15, 0.2) is 0 Å². The molecule has 0 spiro atoms. The molecule has 1 amide bonds. The van der Waals surface area contributed by atoms with Crippen LogP contribution in [0.3, 0.4) is 0 Å². The third kappa shape index (κ3) is 11.5. The largest absolute Gasteiger partial charge is 0.446 e. The first kappa shape index (κ1) is 21.3. The van der Waals surface area contributed by atoms with Crippen molar-refractivity contribution in [3.63, 3.8) is 0 Å². The van der Waals surface area contributed by atoms with Gasteiger partial charge in [-0.3, -0.25) is 0 Å². The minimum Gasteiger partial charge on any atom is -0.446 e. The molecule has 3 nitrogen and oxygen atoms in total. The Morgan fingerprint density at radius 1 is 1.37 bits per heavy atom. The Hall–Kier alpha value is -0.0300. The molecule has 5 heteroatoms. The van der Waals surface area contributed by atoms with Gasteiger partial charge in [0.1, 0.15) is 6.10 Å². The molecular weight excluding hydrogens is 278 g/mol. The van der Waals surface area contributed by atoms with E-state index in [-0.39, 0.29) is 16.9 Å². The summed E-state index contributed by atoms with van der Waals surface area (Å²) in [5.74, 6) is 0. The Labute approximate surface area is 127 Å². The molecule has 0 fully saturated rings. The summed E-state index contributed by atoms with van der Waals surface area (Å²) in [6.45, 7) is 13.0. The van der Waals surface area contributed by atoms with Crippen molar-refractivity contribution in [2.45, 2.75) is 65.2 Å². The number of carbonyl (C=O) groups excluding carboxylic acids is 1. The topological polar surface area (TPSA) is 29.5 Å². The molecule has 0 saturated heterocycles. The molecular formula is C14H31NO2S2. The van der Waals surface area contributed by atoms with E-state index in [1.165, 1.54) is 0 Å². The van der Waals surface area contributed by atoms with Gasteiger partial charge in [0.05, 0.1) is 0 Å². The standard InChI is InChI=1S/C12H25NO2S2.C2H6/c1-7-8-10(2)15-11(14)13(5)9-12(3,4)17-16-6;1-2/h10H,7-9H2,1-6H3;1-2H3. The van der Waals surface area contributed by atoms with E-state index in [0.717, 1.165) is 12.8 Å². The van der Waals surface area contributed by atoms with Gasteiger partial charge in [-0.2, -0.15) is 0 Å². The van der Waals surface area contributed by atoms with Crippen LogP contribution in [0.2, 0.25) is 0 Å². The van der Waals surface area contributed by atoms with Gasteiger partial charge in [-0.15, -0.1) is 0 Å². The summed E-state index contributed by atoms with van der Waals surface area (Å²) in [4.78, 5) is 13.5. The maximum Gasteiger partial charge on any atom is 0.409 e. The molecule has 0 N–H and O–H groups in total. The number of amides is 1. The average Bonchev–Trinajstić information content (AvgIpc) is 2.30. The lowest BCUT2D eigenvalue weighted by Crippen LogP contribution is -2.39. The molecule has 0 radical (unpaired) electrons. The molecule has 0 aromatic heterocycles. The zero-order valence-corrected chi connectivity index (χ0v) is 15.4. The molecule has 1 atom stereocenters. The molecule has 0 aliphatic heterocycles. The summed E-state index contributed by atoms with van der Waals surface area (Å²) in [5, 5.41) is 0. The zero-order valence-electron chi connectivity index (χ0n) is 13.8. The third-order valence-electron chi connectivity index (χ3n) is 2.24. The molecule has 0 heterocycles. The summed E-state index contributed by atoms with van der Waals surface area (Å²) in [5.41, 5.74) is 0. The summed E-state index contributed by atoms with van der Waals surface area (Å²) in [6, 6.07) is 0. The molecule has 1 unspecified atom stereocenters. The van der Waals surface area contributed by atoms with Gasteiger partial charge in [-0.05, 0) is 33.4 Å². The van der Waals surface area contributed by atoms with Crippen molar-refractivity contribution in [2.24, 2.45) is 0 Å². The van der Waals surface area contributed by atoms with Crippen molar-refractivity contribution in [1.29, 1.82) is 0 Å². The van der Waals surface area contributed by atoms with Gasteiger partial charge in [-0.25, -0.2) is 4.79 Å². The van der Waals surface area contributed by atoms with Gasteiger partial charge < -0.3 is 9.64 Å². The number of carbonyl (C=O) groups is 1. The molecule has 0 aromatic carbocycles. The van der Waals surface area contributed by atoms with Crippen molar-refractivity contribution in [3.05, 3.63) is 0 Å². The summed E-state index contributed by atoms with van der Waals surface area (Å²) < 4.78 is 5.39. The number of nitrogens with zero attached hydrogens (tertiary/aromatic N) is 1. The van der Waals surface area contributed by atoms with Crippen LogP contribution in [0, 0.1) is 0 Å². The highest BCUT2D eigenvalue weighted by molar-refractivity contribution is 8.76. The van der Waals surface area contributed by atoms with Crippen molar-refractivity contribution in [1.82, 2.24) is 4.90 Å². The average molecular weight is 310 g/mol. The van der Waals surface area contributed by atoms with Crippen LogP contribution in [0.4, 0.5) is 4.79 Å². The monoisotopic (exact) mass is 309 g/mol. The van der Waals surface area contributed by atoms with E-state index in [2.05, 4.69) is 20.8 Å². The summed E-state index contributed by atoms with van der Waals surface area (Å²) in [6.07, 6.45) is 3.79. The smallest absolute Gasteiger partial charge is 0.409 e. The quantitative estimate of drug-likeness (QED) is 0.615. The van der Waals surface area contributed by atoms with Crippen molar-refractivity contribution < 1.29 is 9.53 Å². The Morgan fingerprint density at radius 2 is 1.89 bits per heavy atom. The maximum absolute atomic E-state index is 11.8. The number of ether oxygens (including phenoxy) is 1. The summed E-state index contributed by atoms with van der Waals surface area (Å²) in [7, 11) is 5.29. The third-order valence-corrected chi connectivity index (χ3v) is 4.84. The molecule has 0 aliphatic carbocycles. The van der Waals surface area contributed by atoms with Gasteiger partial charge in [0.2, 0.25) is 0 Å². The molecule has 116 valence electrons.